The topological polar surface area (TPSA) is 41.3 Å². The first-order chi connectivity index (χ1) is 9.01. The maximum absolute atomic E-state index is 5.85. The fourth-order valence-electron chi connectivity index (χ4n) is 2.76. The maximum atomic E-state index is 5.85. The number of hydrogen-bond donors (Lipinski definition) is 2. The third-order valence-electron chi connectivity index (χ3n) is 4.19. The summed E-state index contributed by atoms with van der Waals surface area (Å²) >= 11 is 5.31. The molecule has 0 radical (unpaired) electrons. The van der Waals surface area contributed by atoms with E-state index in [0.29, 0.717) is 0 Å². The first-order valence-corrected chi connectivity index (χ1v) is 8.58. The zero-order valence-corrected chi connectivity index (χ0v) is 14.8. The second kappa shape index (κ2) is 7.74. The molecule has 0 aromatic carbocycles. The van der Waals surface area contributed by atoms with Crippen LogP contribution in [0.5, 0.6) is 0 Å². The van der Waals surface area contributed by atoms with Gasteiger partial charge in [0.05, 0.1) is 3.79 Å². The van der Waals surface area contributed by atoms with Crippen molar-refractivity contribution in [3.63, 3.8) is 0 Å². The fraction of sp³-hybridized carbons (Fsp3) is 0.714. The molecule has 0 aliphatic heterocycles. The van der Waals surface area contributed by atoms with E-state index in [1.54, 1.807) is 11.3 Å². The van der Waals surface area contributed by atoms with Crippen molar-refractivity contribution in [1.82, 2.24) is 10.3 Å². The summed E-state index contributed by atoms with van der Waals surface area (Å²) in [5.74, 6) is 5.85. The highest BCUT2D eigenvalue weighted by atomic mass is 79.9. The van der Waals surface area contributed by atoms with Crippen LogP contribution in [-0.4, -0.2) is 29.6 Å². The standard InChI is InChI=1S/C14H26BrN3S/c1-5-14(4,18(6-2)7-3)12(17-16)10-11-8-9-13(15)19-11/h8-9,12,17H,5-7,10,16H2,1-4H3. The summed E-state index contributed by atoms with van der Waals surface area (Å²) in [6, 6.07) is 4.54. The van der Waals surface area contributed by atoms with Gasteiger partial charge in [0.25, 0.3) is 0 Å². The molecule has 2 atom stereocenters. The molecular weight excluding hydrogens is 322 g/mol. The molecule has 0 amide bonds. The number of rotatable bonds is 8. The Kier molecular flexibility index (Phi) is 6.97. The lowest BCUT2D eigenvalue weighted by atomic mass is 9.85. The summed E-state index contributed by atoms with van der Waals surface area (Å²) in [4.78, 5) is 3.86. The van der Waals surface area contributed by atoms with Crippen molar-refractivity contribution in [2.24, 2.45) is 5.84 Å². The summed E-state index contributed by atoms with van der Waals surface area (Å²) in [5, 5.41) is 0. The number of halogens is 1. The summed E-state index contributed by atoms with van der Waals surface area (Å²) < 4.78 is 1.18. The minimum Gasteiger partial charge on any atom is -0.297 e. The molecule has 110 valence electrons. The molecule has 2 unspecified atom stereocenters. The molecule has 0 saturated carbocycles. The molecular formula is C14H26BrN3S. The second-order valence-electron chi connectivity index (χ2n) is 5.01. The molecule has 5 heteroatoms. The van der Waals surface area contributed by atoms with Gasteiger partial charge in [-0.3, -0.25) is 16.2 Å². The predicted octanol–water partition coefficient (Wildman–Crippen LogP) is 3.40. The highest BCUT2D eigenvalue weighted by Gasteiger charge is 2.36. The van der Waals surface area contributed by atoms with E-state index < -0.39 is 0 Å². The van der Waals surface area contributed by atoms with E-state index in [1.165, 1.54) is 8.66 Å². The van der Waals surface area contributed by atoms with Gasteiger partial charge in [-0.1, -0.05) is 20.8 Å². The molecule has 1 rings (SSSR count). The van der Waals surface area contributed by atoms with Gasteiger partial charge in [-0.2, -0.15) is 0 Å². The molecule has 1 aromatic rings. The van der Waals surface area contributed by atoms with Crippen LogP contribution in [0.4, 0.5) is 0 Å². The van der Waals surface area contributed by atoms with Crippen LogP contribution in [0.2, 0.25) is 0 Å². The molecule has 1 heterocycles. The van der Waals surface area contributed by atoms with Crippen LogP contribution in [-0.2, 0) is 6.42 Å². The van der Waals surface area contributed by atoms with E-state index in [1.807, 2.05) is 0 Å². The molecule has 0 fully saturated rings. The quantitative estimate of drug-likeness (QED) is 0.559. The number of thiophene rings is 1. The van der Waals surface area contributed by atoms with E-state index in [-0.39, 0.29) is 11.6 Å². The lowest BCUT2D eigenvalue weighted by molar-refractivity contribution is 0.0704. The minimum absolute atomic E-state index is 0.0781. The second-order valence-corrected chi connectivity index (χ2v) is 7.56. The molecule has 0 spiro atoms. The summed E-state index contributed by atoms with van der Waals surface area (Å²) in [5.41, 5.74) is 3.13. The van der Waals surface area contributed by atoms with Crippen molar-refractivity contribution in [1.29, 1.82) is 0 Å². The first-order valence-electron chi connectivity index (χ1n) is 6.97. The Bertz CT molecular complexity index is 379. The summed E-state index contributed by atoms with van der Waals surface area (Å²) in [6.45, 7) is 11.1. The molecule has 0 aliphatic rings. The number of likely N-dealkylation sites (N-methyl/N-ethyl adjacent to an activating group) is 1. The summed E-state index contributed by atoms with van der Waals surface area (Å²) in [6.07, 6.45) is 2.05. The lowest BCUT2D eigenvalue weighted by Gasteiger charge is -2.45. The predicted molar refractivity (Wildman–Crippen MR) is 88.5 cm³/mol. The van der Waals surface area contributed by atoms with Gasteiger partial charge in [0.2, 0.25) is 0 Å². The average Bonchev–Trinajstić information content (AvgIpc) is 2.82. The van der Waals surface area contributed by atoms with Gasteiger partial charge in [0.1, 0.15) is 0 Å². The molecule has 3 N–H and O–H groups in total. The largest absolute Gasteiger partial charge is 0.297 e. The van der Waals surface area contributed by atoms with Crippen LogP contribution < -0.4 is 11.3 Å². The van der Waals surface area contributed by atoms with Crippen molar-refractivity contribution < 1.29 is 0 Å². The monoisotopic (exact) mass is 347 g/mol. The van der Waals surface area contributed by atoms with E-state index in [2.05, 4.69) is 66.1 Å². The molecule has 0 aliphatic carbocycles. The van der Waals surface area contributed by atoms with Crippen LogP contribution in [0.25, 0.3) is 0 Å². The number of hydrazine groups is 1. The van der Waals surface area contributed by atoms with Crippen molar-refractivity contribution in [2.75, 3.05) is 13.1 Å². The van der Waals surface area contributed by atoms with Gasteiger partial charge in [0.15, 0.2) is 0 Å². The number of hydrogen-bond acceptors (Lipinski definition) is 4. The lowest BCUT2D eigenvalue weighted by Crippen LogP contribution is -2.61. The maximum Gasteiger partial charge on any atom is 0.0701 e. The van der Waals surface area contributed by atoms with E-state index >= 15 is 0 Å². The Morgan fingerprint density at radius 2 is 2.00 bits per heavy atom. The van der Waals surface area contributed by atoms with Gasteiger partial charge in [-0.15, -0.1) is 11.3 Å². The highest BCUT2D eigenvalue weighted by molar-refractivity contribution is 9.11. The average molecular weight is 348 g/mol. The Balaban J connectivity index is 2.91. The highest BCUT2D eigenvalue weighted by Crippen LogP contribution is 2.29. The van der Waals surface area contributed by atoms with Gasteiger partial charge < -0.3 is 0 Å². The van der Waals surface area contributed by atoms with E-state index in [0.717, 1.165) is 25.9 Å². The van der Waals surface area contributed by atoms with Crippen molar-refractivity contribution in [2.45, 2.75) is 52.1 Å². The zero-order valence-electron chi connectivity index (χ0n) is 12.4. The number of nitrogens with two attached hydrogens (primary N) is 1. The van der Waals surface area contributed by atoms with E-state index in [9.17, 15) is 0 Å². The molecule has 3 nitrogen and oxygen atoms in total. The van der Waals surface area contributed by atoms with Crippen molar-refractivity contribution in [3.8, 4) is 0 Å². The third kappa shape index (κ3) is 4.02. The van der Waals surface area contributed by atoms with Gasteiger partial charge in [-0.25, -0.2) is 0 Å². The van der Waals surface area contributed by atoms with Crippen LogP contribution in [0.15, 0.2) is 15.9 Å². The van der Waals surface area contributed by atoms with E-state index in [4.69, 9.17) is 5.84 Å². The Hall–Kier alpha value is 0.0600. The van der Waals surface area contributed by atoms with Gasteiger partial charge in [-0.05, 0) is 54.5 Å². The third-order valence-corrected chi connectivity index (χ3v) is 5.83. The Labute approximate surface area is 129 Å². The van der Waals surface area contributed by atoms with Crippen LogP contribution in [0.3, 0.4) is 0 Å². The normalized spacial score (nSPS) is 16.6. The Morgan fingerprint density at radius 3 is 2.37 bits per heavy atom. The summed E-state index contributed by atoms with van der Waals surface area (Å²) in [7, 11) is 0. The molecule has 0 bridgehead atoms. The minimum atomic E-state index is 0.0781. The zero-order chi connectivity index (χ0) is 14.5. The number of nitrogens with one attached hydrogen (secondary N) is 1. The Morgan fingerprint density at radius 1 is 1.37 bits per heavy atom. The van der Waals surface area contributed by atoms with Crippen molar-refractivity contribution in [3.05, 3.63) is 20.8 Å². The van der Waals surface area contributed by atoms with Crippen LogP contribution in [0.1, 0.15) is 39.0 Å². The van der Waals surface area contributed by atoms with Crippen LogP contribution >= 0.6 is 27.3 Å². The smallest absolute Gasteiger partial charge is 0.0701 e. The molecule has 0 saturated heterocycles. The first kappa shape index (κ1) is 17.1. The fourth-order valence-corrected chi connectivity index (χ4v) is 4.29. The molecule has 1 aromatic heterocycles. The van der Waals surface area contributed by atoms with Crippen molar-refractivity contribution >= 4 is 27.3 Å². The molecule has 19 heavy (non-hydrogen) atoms. The van der Waals surface area contributed by atoms with Crippen LogP contribution in [0, 0.1) is 0 Å². The van der Waals surface area contributed by atoms with Gasteiger partial charge in [0, 0.05) is 22.9 Å². The van der Waals surface area contributed by atoms with Gasteiger partial charge >= 0.3 is 0 Å². The SMILES string of the molecule is CCN(CC)C(C)(CC)C(Cc1ccc(Br)s1)NN. The number of nitrogens with zero attached hydrogens (tertiary/aromatic N) is 1.